The van der Waals surface area contributed by atoms with Gasteiger partial charge in [-0.3, -0.25) is 4.79 Å². The van der Waals surface area contributed by atoms with E-state index in [-0.39, 0.29) is 5.91 Å². The second-order valence-corrected chi connectivity index (χ2v) is 7.12. The van der Waals surface area contributed by atoms with E-state index in [4.69, 9.17) is 9.47 Å². The van der Waals surface area contributed by atoms with Crippen LogP contribution in [0, 0.1) is 12.8 Å². The van der Waals surface area contributed by atoms with Gasteiger partial charge in [0.25, 0.3) is 0 Å². The SMILES string of the molecule is COc1ccc(CCC(=O)N2CCCC(COc3cccc(C)n3)C2)cc1. The van der Waals surface area contributed by atoms with Gasteiger partial charge in [-0.1, -0.05) is 18.2 Å². The average Bonchev–Trinajstić information content (AvgIpc) is 2.71. The fourth-order valence-corrected chi connectivity index (χ4v) is 3.43. The number of nitrogens with zero attached hydrogens (tertiary/aromatic N) is 2. The number of piperidine rings is 1. The summed E-state index contributed by atoms with van der Waals surface area (Å²) in [6, 6.07) is 13.7. The lowest BCUT2D eigenvalue weighted by atomic mass is 9.98. The zero-order valence-corrected chi connectivity index (χ0v) is 16.2. The van der Waals surface area contributed by atoms with Crippen LogP contribution in [-0.4, -0.2) is 42.6 Å². The Bertz CT molecular complexity index is 745. The molecule has 1 aliphatic heterocycles. The number of aromatic nitrogens is 1. The number of rotatable bonds is 7. The summed E-state index contributed by atoms with van der Waals surface area (Å²) < 4.78 is 11.0. The summed E-state index contributed by atoms with van der Waals surface area (Å²) in [6.07, 6.45) is 3.42. The van der Waals surface area contributed by atoms with Crippen LogP contribution in [0.5, 0.6) is 11.6 Å². The van der Waals surface area contributed by atoms with Crippen molar-refractivity contribution in [3.05, 3.63) is 53.7 Å². The van der Waals surface area contributed by atoms with Crippen LogP contribution in [-0.2, 0) is 11.2 Å². The molecule has 1 fully saturated rings. The molecule has 0 aliphatic carbocycles. The molecule has 0 saturated carbocycles. The summed E-state index contributed by atoms with van der Waals surface area (Å²) in [5.41, 5.74) is 2.11. The molecule has 0 N–H and O–H groups in total. The number of ether oxygens (including phenoxy) is 2. The van der Waals surface area contributed by atoms with E-state index in [9.17, 15) is 4.79 Å². The monoisotopic (exact) mass is 368 g/mol. The lowest BCUT2D eigenvalue weighted by molar-refractivity contribution is -0.133. The standard InChI is InChI=1S/C22H28N2O3/c1-17-5-3-7-21(23-17)27-16-19-6-4-14-24(15-19)22(25)13-10-18-8-11-20(26-2)12-9-18/h3,5,7-9,11-12,19H,4,6,10,13-16H2,1-2H3. The summed E-state index contributed by atoms with van der Waals surface area (Å²) in [5.74, 6) is 2.10. The largest absolute Gasteiger partial charge is 0.497 e. The first-order valence-corrected chi connectivity index (χ1v) is 9.61. The molecular weight excluding hydrogens is 340 g/mol. The van der Waals surface area contributed by atoms with Gasteiger partial charge in [0.05, 0.1) is 13.7 Å². The van der Waals surface area contributed by atoms with E-state index in [0.717, 1.165) is 49.4 Å². The highest BCUT2D eigenvalue weighted by Gasteiger charge is 2.24. The van der Waals surface area contributed by atoms with Crippen molar-refractivity contribution < 1.29 is 14.3 Å². The maximum atomic E-state index is 12.6. The number of hydrogen-bond donors (Lipinski definition) is 0. The summed E-state index contributed by atoms with van der Waals surface area (Å²) in [7, 11) is 1.66. The smallest absolute Gasteiger partial charge is 0.222 e. The number of pyridine rings is 1. The fraction of sp³-hybridized carbons (Fsp3) is 0.455. The number of carbonyl (C=O) groups is 1. The van der Waals surface area contributed by atoms with Crippen LogP contribution in [0.25, 0.3) is 0 Å². The van der Waals surface area contributed by atoms with E-state index in [1.54, 1.807) is 7.11 Å². The molecule has 1 aromatic carbocycles. The van der Waals surface area contributed by atoms with Gasteiger partial charge in [-0.05, 0) is 49.9 Å². The van der Waals surface area contributed by atoms with Crippen molar-refractivity contribution in [1.82, 2.24) is 9.88 Å². The molecule has 3 rings (SSSR count). The van der Waals surface area contributed by atoms with Crippen molar-refractivity contribution in [2.75, 3.05) is 26.8 Å². The van der Waals surface area contributed by atoms with Crippen LogP contribution in [0.1, 0.15) is 30.5 Å². The number of methoxy groups -OCH3 is 1. The average molecular weight is 368 g/mol. The normalized spacial score (nSPS) is 16.8. The van der Waals surface area contributed by atoms with Crippen molar-refractivity contribution >= 4 is 5.91 Å². The lowest BCUT2D eigenvalue weighted by Gasteiger charge is -2.32. The van der Waals surface area contributed by atoms with Crippen LogP contribution in [0.2, 0.25) is 0 Å². The zero-order chi connectivity index (χ0) is 19.1. The Morgan fingerprint density at radius 2 is 2.04 bits per heavy atom. The van der Waals surface area contributed by atoms with Crippen molar-refractivity contribution in [3.63, 3.8) is 0 Å². The molecule has 1 aromatic heterocycles. The first kappa shape index (κ1) is 19.2. The highest BCUT2D eigenvalue weighted by atomic mass is 16.5. The Labute approximate surface area is 161 Å². The first-order valence-electron chi connectivity index (χ1n) is 9.61. The molecule has 1 saturated heterocycles. The molecule has 2 heterocycles. The maximum Gasteiger partial charge on any atom is 0.222 e. The first-order chi connectivity index (χ1) is 13.1. The minimum absolute atomic E-state index is 0.226. The van der Waals surface area contributed by atoms with Gasteiger partial charge in [-0.25, -0.2) is 4.98 Å². The second kappa shape index (κ2) is 9.40. The predicted octanol–water partition coefficient (Wildman–Crippen LogP) is 3.65. The molecule has 2 aromatic rings. The molecular formula is C22H28N2O3. The van der Waals surface area contributed by atoms with E-state index < -0.39 is 0 Å². The summed E-state index contributed by atoms with van der Waals surface area (Å²) in [4.78, 5) is 19.0. The van der Waals surface area contributed by atoms with Crippen molar-refractivity contribution in [3.8, 4) is 11.6 Å². The Kier molecular flexibility index (Phi) is 6.69. The van der Waals surface area contributed by atoms with E-state index >= 15 is 0 Å². The Balaban J connectivity index is 1.45. The molecule has 1 unspecified atom stereocenters. The molecule has 5 heteroatoms. The highest BCUT2D eigenvalue weighted by Crippen LogP contribution is 2.20. The summed E-state index contributed by atoms with van der Waals surface area (Å²) >= 11 is 0. The Morgan fingerprint density at radius 3 is 2.78 bits per heavy atom. The summed E-state index contributed by atoms with van der Waals surface area (Å²) in [5, 5.41) is 0. The van der Waals surface area contributed by atoms with Crippen LogP contribution in [0.4, 0.5) is 0 Å². The van der Waals surface area contributed by atoms with E-state index in [1.807, 2.05) is 54.3 Å². The molecule has 0 radical (unpaired) electrons. The molecule has 1 aliphatic rings. The molecule has 0 bridgehead atoms. The number of benzene rings is 1. The van der Waals surface area contributed by atoms with Crippen LogP contribution in [0.3, 0.4) is 0 Å². The van der Waals surface area contributed by atoms with E-state index in [2.05, 4.69) is 4.98 Å². The maximum absolute atomic E-state index is 12.6. The summed E-state index contributed by atoms with van der Waals surface area (Å²) in [6.45, 7) is 4.18. The van der Waals surface area contributed by atoms with Gasteiger partial charge in [0.15, 0.2) is 0 Å². The number of carbonyl (C=O) groups excluding carboxylic acids is 1. The Hall–Kier alpha value is -2.56. The quantitative estimate of drug-likeness (QED) is 0.749. The Morgan fingerprint density at radius 1 is 1.22 bits per heavy atom. The van der Waals surface area contributed by atoms with Crippen molar-refractivity contribution in [2.24, 2.45) is 5.92 Å². The van der Waals surface area contributed by atoms with Crippen molar-refractivity contribution in [2.45, 2.75) is 32.6 Å². The number of likely N-dealkylation sites (tertiary alicyclic amines) is 1. The lowest BCUT2D eigenvalue weighted by Crippen LogP contribution is -2.41. The minimum Gasteiger partial charge on any atom is -0.497 e. The molecule has 1 atom stereocenters. The predicted molar refractivity (Wildman–Crippen MR) is 105 cm³/mol. The van der Waals surface area contributed by atoms with Gasteiger partial charge in [0.2, 0.25) is 11.8 Å². The third kappa shape index (κ3) is 5.71. The van der Waals surface area contributed by atoms with E-state index in [0.29, 0.717) is 24.8 Å². The molecule has 27 heavy (non-hydrogen) atoms. The van der Waals surface area contributed by atoms with Gasteiger partial charge < -0.3 is 14.4 Å². The number of amides is 1. The molecule has 5 nitrogen and oxygen atoms in total. The third-order valence-corrected chi connectivity index (χ3v) is 4.99. The van der Waals surface area contributed by atoms with Crippen LogP contribution in [0.15, 0.2) is 42.5 Å². The van der Waals surface area contributed by atoms with Gasteiger partial charge in [-0.2, -0.15) is 0 Å². The zero-order valence-electron chi connectivity index (χ0n) is 16.2. The molecule has 1 amide bonds. The van der Waals surface area contributed by atoms with Gasteiger partial charge >= 0.3 is 0 Å². The number of hydrogen-bond acceptors (Lipinski definition) is 4. The van der Waals surface area contributed by atoms with Crippen LogP contribution >= 0.6 is 0 Å². The van der Waals surface area contributed by atoms with Crippen LogP contribution < -0.4 is 9.47 Å². The van der Waals surface area contributed by atoms with E-state index in [1.165, 1.54) is 0 Å². The second-order valence-electron chi connectivity index (χ2n) is 7.12. The number of aryl methyl sites for hydroxylation is 2. The molecule has 0 spiro atoms. The van der Waals surface area contributed by atoms with Gasteiger partial charge in [0, 0.05) is 37.2 Å². The van der Waals surface area contributed by atoms with Crippen molar-refractivity contribution in [1.29, 1.82) is 0 Å². The third-order valence-electron chi connectivity index (χ3n) is 4.99. The highest BCUT2D eigenvalue weighted by molar-refractivity contribution is 5.76. The van der Waals surface area contributed by atoms with Gasteiger partial charge in [0.1, 0.15) is 5.75 Å². The topological polar surface area (TPSA) is 51.7 Å². The fourth-order valence-electron chi connectivity index (χ4n) is 3.43. The minimum atomic E-state index is 0.226. The van der Waals surface area contributed by atoms with Gasteiger partial charge in [-0.15, -0.1) is 0 Å². The molecule has 144 valence electrons.